The van der Waals surface area contributed by atoms with Crippen molar-refractivity contribution < 1.29 is 47.9 Å². The molecule has 2 aromatic carbocycles. The van der Waals surface area contributed by atoms with Gasteiger partial charge in [-0.25, -0.2) is 4.79 Å². The van der Waals surface area contributed by atoms with E-state index in [9.17, 15) is 14.7 Å². The van der Waals surface area contributed by atoms with Crippen molar-refractivity contribution in [1.82, 2.24) is 0 Å². The van der Waals surface area contributed by atoms with Gasteiger partial charge in [0.1, 0.15) is 18.1 Å². The molecule has 2 aliphatic rings. The van der Waals surface area contributed by atoms with Gasteiger partial charge in [-0.3, -0.25) is 4.79 Å². The number of esters is 2. The van der Waals surface area contributed by atoms with E-state index in [0.29, 0.717) is 39.9 Å². The van der Waals surface area contributed by atoms with Gasteiger partial charge in [-0.2, -0.15) is 0 Å². The summed E-state index contributed by atoms with van der Waals surface area (Å²) in [6.07, 6.45) is 0. The molecule has 2 aromatic rings. The van der Waals surface area contributed by atoms with E-state index < -0.39 is 17.9 Å². The number of hydrogen-bond donors (Lipinski definition) is 1. The Balaban J connectivity index is 2.01. The highest BCUT2D eigenvalue weighted by molar-refractivity contribution is 5.94. The fourth-order valence-electron chi connectivity index (χ4n) is 3.87. The Hall–Kier alpha value is -4.08. The molecule has 0 amide bonds. The lowest BCUT2D eigenvalue weighted by molar-refractivity contribution is -0.136. The van der Waals surface area contributed by atoms with Crippen molar-refractivity contribution in [2.45, 2.75) is 12.8 Å². The summed E-state index contributed by atoms with van der Waals surface area (Å²) in [5, 5.41) is 10.6. The number of carbonyl (C=O) groups excluding carboxylic acids is 2. The molecule has 2 aliphatic heterocycles. The normalized spacial score (nSPS) is 15.2. The van der Waals surface area contributed by atoms with E-state index in [1.807, 2.05) is 0 Å². The number of cyclic esters (lactones) is 1. The molecule has 1 unspecified atom stereocenters. The molecule has 0 radical (unpaired) electrons. The average Bonchev–Trinajstić information content (AvgIpc) is 3.39. The summed E-state index contributed by atoms with van der Waals surface area (Å²) in [7, 11) is 4.39. The SMILES string of the molecule is COc1cc(C(C2=C(O)COC2=O)c2cc3c(cc2OC(C)=O)OCO3)cc(OC)c1OC. The summed E-state index contributed by atoms with van der Waals surface area (Å²) >= 11 is 0. The van der Waals surface area contributed by atoms with Crippen molar-refractivity contribution in [2.75, 3.05) is 34.7 Å². The van der Waals surface area contributed by atoms with Crippen molar-refractivity contribution >= 4 is 11.9 Å². The number of fused-ring (bicyclic) bond motifs is 1. The van der Waals surface area contributed by atoms with E-state index in [-0.39, 0.29) is 30.5 Å². The third-order valence-corrected chi connectivity index (χ3v) is 5.25. The highest BCUT2D eigenvalue weighted by Gasteiger charge is 2.38. The maximum Gasteiger partial charge on any atom is 0.338 e. The van der Waals surface area contributed by atoms with Gasteiger partial charge >= 0.3 is 11.9 Å². The number of ether oxygens (including phenoxy) is 7. The van der Waals surface area contributed by atoms with Crippen LogP contribution in [0.5, 0.6) is 34.5 Å². The lowest BCUT2D eigenvalue weighted by Crippen LogP contribution is -2.15. The fraction of sp³-hybridized carbons (Fsp3) is 0.304. The van der Waals surface area contributed by atoms with Crippen LogP contribution in [0.3, 0.4) is 0 Å². The number of aliphatic hydroxyl groups excluding tert-OH is 1. The maximum atomic E-state index is 12.7. The molecule has 1 N–H and O–H groups in total. The van der Waals surface area contributed by atoms with E-state index in [4.69, 9.17) is 33.2 Å². The lowest BCUT2D eigenvalue weighted by atomic mass is 9.83. The van der Waals surface area contributed by atoms with Gasteiger partial charge in [0.25, 0.3) is 0 Å². The number of hydrogen-bond acceptors (Lipinski definition) is 10. The summed E-state index contributed by atoms with van der Waals surface area (Å²) in [5.41, 5.74) is 0.831. The number of aliphatic hydroxyl groups is 1. The van der Waals surface area contributed by atoms with Crippen LogP contribution in [-0.4, -0.2) is 51.8 Å². The molecule has 10 nitrogen and oxygen atoms in total. The molecule has 174 valence electrons. The summed E-state index contributed by atoms with van der Waals surface area (Å²) in [6, 6.07) is 6.38. The third kappa shape index (κ3) is 3.95. The first kappa shape index (κ1) is 22.1. The Bertz CT molecular complexity index is 1130. The molecule has 0 spiro atoms. The number of rotatable bonds is 7. The maximum absolute atomic E-state index is 12.7. The standard InChI is InChI=1S/C23H22O10/c1-11(24)33-15-8-17-16(31-10-32-17)7-13(15)20(21-14(25)9-30-23(21)26)12-5-18(27-2)22(29-4)19(6-12)28-3/h5-8,20,25H,9-10H2,1-4H3. The molecular weight excluding hydrogens is 436 g/mol. The van der Waals surface area contributed by atoms with Crippen LogP contribution >= 0.6 is 0 Å². The first-order valence-electron chi connectivity index (χ1n) is 9.88. The largest absolute Gasteiger partial charge is 0.508 e. The zero-order chi connectivity index (χ0) is 23.7. The fourth-order valence-corrected chi connectivity index (χ4v) is 3.87. The van der Waals surface area contributed by atoms with E-state index in [1.54, 1.807) is 18.2 Å². The molecule has 0 bridgehead atoms. The molecule has 1 atom stereocenters. The quantitative estimate of drug-likeness (QED) is 0.490. The monoisotopic (exact) mass is 458 g/mol. The van der Waals surface area contributed by atoms with Crippen LogP contribution in [0.25, 0.3) is 0 Å². The molecule has 0 aliphatic carbocycles. The van der Waals surface area contributed by atoms with Gasteiger partial charge in [0, 0.05) is 24.5 Å². The zero-order valence-corrected chi connectivity index (χ0v) is 18.4. The van der Waals surface area contributed by atoms with E-state index in [2.05, 4.69) is 0 Å². The Morgan fingerprint density at radius 3 is 2.09 bits per heavy atom. The smallest absolute Gasteiger partial charge is 0.338 e. The predicted octanol–water partition coefficient (Wildman–Crippen LogP) is 2.87. The van der Waals surface area contributed by atoms with Crippen molar-refractivity contribution in [3.05, 3.63) is 46.7 Å². The van der Waals surface area contributed by atoms with Gasteiger partial charge in [0.2, 0.25) is 12.5 Å². The van der Waals surface area contributed by atoms with Crippen LogP contribution in [0.1, 0.15) is 24.0 Å². The first-order valence-corrected chi connectivity index (χ1v) is 9.88. The van der Waals surface area contributed by atoms with Crippen LogP contribution in [0.2, 0.25) is 0 Å². The number of carbonyl (C=O) groups is 2. The van der Waals surface area contributed by atoms with E-state index >= 15 is 0 Å². The van der Waals surface area contributed by atoms with Crippen LogP contribution < -0.4 is 28.4 Å². The second-order valence-electron chi connectivity index (χ2n) is 7.17. The van der Waals surface area contributed by atoms with Gasteiger partial charge in [-0.15, -0.1) is 0 Å². The molecule has 10 heteroatoms. The van der Waals surface area contributed by atoms with Crippen LogP contribution in [0, 0.1) is 0 Å². The number of methoxy groups -OCH3 is 3. The molecule has 0 saturated heterocycles. The summed E-state index contributed by atoms with van der Waals surface area (Å²) in [4.78, 5) is 24.5. The molecule has 0 saturated carbocycles. The van der Waals surface area contributed by atoms with Gasteiger partial charge in [-0.1, -0.05) is 0 Å². The topological polar surface area (TPSA) is 119 Å². The Kier molecular flexibility index (Phi) is 5.91. The molecule has 2 heterocycles. The molecule has 0 aromatic heterocycles. The minimum absolute atomic E-state index is 0.0108. The second kappa shape index (κ2) is 8.81. The van der Waals surface area contributed by atoms with Crippen LogP contribution in [0.15, 0.2) is 35.6 Å². The molecule has 0 fully saturated rings. The summed E-state index contributed by atoms with van der Waals surface area (Å²) in [5.74, 6) is -0.552. The lowest BCUT2D eigenvalue weighted by Gasteiger charge is -2.23. The van der Waals surface area contributed by atoms with Crippen LogP contribution in [-0.2, 0) is 14.3 Å². The van der Waals surface area contributed by atoms with Gasteiger partial charge in [0.15, 0.2) is 23.0 Å². The summed E-state index contributed by atoms with van der Waals surface area (Å²) < 4.78 is 37.7. The zero-order valence-electron chi connectivity index (χ0n) is 18.4. The average molecular weight is 458 g/mol. The predicted molar refractivity (Wildman–Crippen MR) is 112 cm³/mol. The highest BCUT2D eigenvalue weighted by Crippen LogP contribution is 2.49. The Labute approximate surface area is 189 Å². The Morgan fingerprint density at radius 1 is 0.939 bits per heavy atom. The number of benzene rings is 2. The Morgan fingerprint density at radius 2 is 1.58 bits per heavy atom. The highest BCUT2D eigenvalue weighted by atomic mass is 16.7. The first-order chi connectivity index (χ1) is 15.9. The second-order valence-corrected chi connectivity index (χ2v) is 7.17. The van der Waals surface area contributed by atoms with Crippen molar-refractivity contribution in [2.24, 2.45) is 0 Å². The molecule has 4 rings (SSSR count). The van der Waals surface area contributed by atoms with Gasteiger partial charge in [-0.05, 0) is 23.8 Å². The van der Waals surface area contributed by atoms with E-state index in [1.165, 1.54) is 34.3 Å². The molecular formula is C23H22O10. The molecule has 33 heavy (non-hydrogen) atoms. The van der Waals surface area contributed by atoms with Crippen molar-refractivity contribution in [1.29, 1.82) is 0 Å². The minimum Gasteiger partial charge on any atom is -0.508 e. The van der Waals surface area contributed by atoms with Gasteiger partial charge < -0.3 is 38.3 Å². The van der Waals surface area contributed by atoms with Crippen molar-refractivity contribution in [3.8, 4) is 34.5 Å². The third-order valence-electron chi connectivity index (χ3n) is 5.25. The van der Waals surface area contributed by atoms with Gasteiger partial charge in [0.05, 0.1) is 26.9 Å². The van der Waals surface area contributed by atoms with Crippen LogP contribution in [0.4, 0.5) is 0 Å². The van der Waals surface area contributed by atoms with E-state index in [0.717, 1.165) is 0 Å². The minimum atomic E-state index is -0.933. The van der Waals surface area contributed by atoms with Crippen molar-refractivity contribution in [3.63, 3.8) is 0 Å². The summed E-state index contributed by atoms with van der Waals surface area (Å²) in [6.45, 7) is 0.967.